The van der Waals surface area contributed by atoms with Gasteiger partial charge >= 0.3 is 5.69 Å². The molecule has 0 aliphatic heterocycles. The van der Waals surface area contributed by atoms with E-state index >= 15 is 0 Å². The Kier molecular flexibility index (Phi) is 4.66. The fourth-order valence-electron chi connectivity index (χ4n) is 1.64. The second-order valence-electron chi connectivity index (χ2n) is 5.11. The summed E-state index contributed by atoms with van der Waals surface area (Å²) in [6.45, 7) is 2.86. The number of nitro groups is 1. The second kappa shape index (κ2) is 5.71. The predicted octanol–water partition coefficient (Wildman–Crippen LogP) is 1.43. The van der Waals surface area contributed by atoms with Crippen molar-refractivity contribution in [3.8, 4) is 5.75 Å². The molecule has 0 fully saturated rings. The van der Waals surface area contributed by atoms with Gasteiger partial charge in [0.2, 0.25) is 15.8 Å². The highest BCUT2D eigenvalue weighted by Gasteiger charge is 2.27. The van der Waals surface area contributed by atoms with Crippen LogP contribution in [-0.4, -0.2) is 25.7 Å². The van der Waals surface area contributed by atoms with Gasteiger partial charge in [-0.05, 0) is 6.07 Å². The molecule has 112 valence electrons. The minimum Gasteiger partial charge on any atom is -0.484 e. The number of hydrogen-bond acceptors (Lipinski definition) is 5. The number of hydrogen-bond donors (Lipinski definition) is 1. The van der Waals surface area contributed by atoms with Crippen molar-refractivity contribution in [3.05, 3.63) is 34.1 Å². The van der Waals surface area contributed by atoms with Crippen LogP contribution in [0.3, 0.4) is 0 Å². The SMILES string of the molecule is CC(C)(COc1c(F)cccc1[N+](=O)[O-])CS(N)(=O)=O. The zero-order valence-electron chi connectivity index (χ0n) is 11.0. The lowest BCUT2D eigenvalue weighted by atomic mass is 9.98. The van der Waals surface area contributed by atoms with Crippen molar-refractivity contribution in [1.29, 1.82) is 0 Å². The molecule has 1 aromatic rings. The summed E-state index contributed by atoms with van der Waals surface area (Å²) in [6, 6.07) is 3.32. The minimum absolute atomic E-state index is 0.231. The molecule has 0 radical (unpaired) electrons. The van der Waals surface area contributed by atoms with E-state index in [1.54, 1.807) is 13.8 Å². The minimum atomic E-state index is -3.73. The lowest BCUT2D eigenvalue weighted by Gasteiger charge is -2.23. The van der Waals surface area contributed by atoms with Gasteiger partial charge in [-0.2, -0.15) is 0 Å². The maximum atomic E-state index is 13.6. The highest BCUT2D eigenvalue weighted by molar-refractivity contribution is 7.89. The average molecular weight is 306 g/mol. The molecule has 0 spiro atoms. The Morgan fingerprint density at radius 2 is 2.05 bits per heavy atom. The lowest BCUT2D eigenvalue weighted by Crippen LogP contribution is -2.33. The van der Waals surface area contributed by atoms with Gasteiger partial charge in [0, 0.05) is 11.5 Å². The number of para-hydroxylation sites is 1. The molecule has 0 aliphatic rings. The maximum Gasteiger partial charge on any atom is 0.314 e. The monoisotopic (exact) mass is 306 g/mol. The van der Waals surface area contributed by atoms with Crippen LogP contribution in [0.4, 0.5) is 10.1 Å². The van der Waals surface area contributed by atoms with Crippen LogP contribution in [0.15, 0.2) is 18.2 Å². The summed E-state index contributed by atoms with van der Waals surface area (Å²) in [7, 11) is -3.73. The van der Waals surface area contributed by atoms with Gasteiger partial charge in [-0.25, -0.2) is 17.9 Å². The summed E-state index contributed by atoms with van der Waals surface area (Å²) in [6.07, 6.45) is 0. The largest absolute Gasteiger partial charge is 0.484 e. The van der Waals surface area contributed by atoms with E-state index in [2.05, 4.69) is 0 Å². The van der Waals surface area contributed by atoms with E-state index in [1.807, 2.05) is 0 Å². The molecule has 0 saturated carbocycles. The van der Waals surface area contributed by atoms with Crippen molar-refractivity contribution >= 4 is 15.7 Å². The quantitative estimate of drug-likeness (QED) is 0.631. The standard InChI is InChI=1S/C11H15FN2O5S/c1-11(2,7-20(13,17)18)6-19-10-8(12)4-3-5-9(10)14(15)16/h3-5H,6-7H2,1-2H3,(H2,13,17,18). The normalized spacial score (nSPS) is 12.2. The fraction of sp³-hybridized carbons (Fsp3) is 0.455. The van der Waals surface area contributed by atoms with E-state index in [9.17, 15) is 22.9 Å². The highest BCUT2D eigenvalue weighted by atomic mass is 32.2. The zero-order chi connectivity index (χ0) is 15.6. The summed E-state index contributed by atoms with van der Waals surface area (Å²) < 4.78 is 40.7. The first kappa shape index (κ1) is 16.3. The van der Waals surface area contributed by atoms with Crippen LogP contribution >= 0.6 is 0 Å². The average Bonchev–Trinajstić information content (AvgIpc) is 2.23. The van der Waals surface area contributed by atoms with Gasteiger partial charge in [-0.15, -0.1) is 0 Å². The van der Waals surface area contributed by atoms with Crippen LogP contribution in [0, 0.1) is 21.3 Å². The van der Waals surface area contributed by atoms with Gasteiger partial charge in [0.15, 0.2) is 5.82 Å². The number of primary sulfonamides is 1. The third-order valence-electron chi connectivity index (χ3n) is 2.34. The number of sulfonamides is 1. The van der Waals surface area contributed by atoms with E-state index in [-0.39, 0.29) is 12.4 Å². The summed E-state index contributed by atoms with van der Waals surface area (Å²) in [5, 5.41) is 15.7. The Morgan fingerprint density at radius 1 is 1.45 bits per heavy atom. The van der Waals surface area contributed by atoms with Crippen molar-refractivity contribution < 1.29 is 22.5 Å². The number of nitrogens with two attached hydrogens (primary N) is 1. The summed E-state index contributed by atoms with van der Waals surface area (Å²) >= 11 is 0. The van der Waals surface area contributed by atoms with Crippen LogP contribution in [0.2, 0.25) is 0 Å². The molecule has 7 nitrogen and oxygen atoms in total. The van der Waals surface area contributed by atoms with E-state index in [0.29, 0.717) is 0 Å². The van der Waals surface area contributed by atoms with Crippen LogP contribution in [-0.2, 0) is 10.0 Å². The molecule has 0 saturated heterocycles. The first-order valence-corrected chi connectivity index (χ1v) is 7.29. The Labute approximate surface area is 115 Å². The topological polar surface area (TPSA) is 113 Å². The number of halogens is 1. The smallest absolute Gasteiger partial charge is 0.314 e. The van der Waals surface area contributed by atoms with Gasteiger partial charge in [0.25, 0.3) is 0 Å². The van der Waals surface area contributed by atoms with Crippen LogP contribution in [0.5, 0.6) is 5.75 Å². The van der Waals surface area contributed by atoms with Crippen molar-refractivity contribution in [2.75, 3.05) is 12.4 Å². The number of nitrogens with zero attached hydrogens (tertiary/aromatic N) is 1. The molecular weight excluding hydrogens is 291 g/mol. The predicted molar refractivity (Wildman–Crippen MR) is 70.3 cm³/mol. The van der Waals surface area contributed by atoms with Crippen molar-refractivity contribution in [1.82, 2.24) is 0 Å². The molecule has 1 rings (SSSR count). The Balaban J connectivity index is 2.93. The van der Waals surface area contributed by atoms with E-state index < -0.39 is 37.6 Å². The molecule has 0 bridgehead atoms. The van der Waals surface area contributed by atoms with Crippen LogP contribution in [0.1, 0.15) is 13.8 Å². The molecule has 0 unspecified atom stereocenters. The van der Waals surface area contributed by atoms with Gasteiger partial charge in [0.1, 0.15) is 0 Å². The van der Waals surface area contributed by atoms with E-state index in [4.69, 9.17) is 9.88 Å². The van der Waals surface area contributed by atoms with Gasteiger partial charge in [-0.3, -0.25) is 10.1 Å². The molecule has 0 atom stereocenters. The number of nitro benzene ring substituents is 1. The third-order valence-corrected chi connectivity index (χ3v) is 3.53. The zero-order valence-corrected chi connectivity index (χ0v) is 11.8. The molecule has 0 aromatic heterocycles. The van der Waals surface area contributed by atoms with E-state index in [1.165, 1.54) is 6.07 Å². The van der Waals surface area contributed by atoms with Crippen molar-refractivity contribution in [2.24, 2.45) is 10.6 Å². The molecule has 0 aliphatic carbocycles. The molecule has 9 heteroatoms. The maximum absolute atomic E-state index is 13.6. The molecule has 1 aromatic carbocycles. The Morgan fingerprint density at radius 3 is 2.55 bits per heavy atom. The lowest BCUT2D eigenvalue weighted by molar-refractivity contribution is -0.386. The second-order valence-corrected chi connectivity index (χ2v) is 6.72. The van der Waals surface area contributed by atoms with E-state index in [0.717, 1.165) is 12.1 Å². The van der Waals surface area contributed by atoms with Gasteiger partial charge < -0.3 is 4.74 Å². The van der Waals surface area contributed by atoms with Gasteiger partial charge in [0.05, 0.1) is 17.3 Å². The number of benzene rings is 1. The Bertz CT molecular complexity index is 615. The third kappa shape index (κ3) is 4.74. The van der Waals surface area contributed by atoms with Crippen LogP contribution < -0.4 is 9.88 Å². The number of ether oxygens (including phenoxy) is 1. The highest BCUT2D eigenvalue weighted by Crippen LogP contribution is 2.31. The van der Waals surface area contributed by atoms with Crippen LogP contribution in [0.25, 0.3) is 0 Å². The number of rotatable bonds is 6. The van der Waals surface area contributed by atoms with Crippen molar-refractivity contribution in [3.63, 3.8) is 0 Å². The summed E-state index contributed by atoms with van der Waals surface area (Å²) in [4.78, 5) is 10.00. The molecule has 20 heavy (non-hydrogen) atoms. The Hall–Kier alpha value is -1.74. The molecule has 0 heterocycles. The molecule has 0 amide bonds. The summed E-state index contributed by atoms with van der Waals surface area (Å²) in [5.41, 5.74) is -1.43. The fourth-order valence-corrected chi connectivity index (χ4v) is 2.81. The molecular formula is C11H15FN2O5S. The van der Waals surface area contributed by atoms with Gasteiger partial charge in [-0.1, -0.05) is 19.9 Å². The summed E-state index contributed by atoms with van der Waals surface area (Å²) in [5.74, 6) is -1.78. The molecule has 2 N–H and O–H groups in total. The first-order valence-electron chi connectivity index (χ1n) is 5.58. The van der Waals surface area contributed by atoms with Crippen molar-refractivity contribution in [2.45, 2.75) is 13.8 Å². The first-order chi connectivity index (χ1) is 9.02.